The molecule has 20 heavy (non-hydrogen) atoms. The number of amides is 3. The van der Waals surface area contributed by atoms with Gasteiger partial charge >= 0.3 is 0 Å². The largest absolute Gasteiger partial charge is 0.294 e. The van der Waals surface area contributed by atoms with Crippen molar-refractivity contribution in [1.29, 1.82) is 0 Å². The first-order valence-electron chi connectivity index (χ1n) is 6.20. The summed E-state index contributed by atoms with van der Waals surface area (Å²) in [5.74, 6) is 3.61. The van der Waals surface area contributed by atoms with Crippen LogP contribution in [0.1, 0.15) is 11.5 Å². The summed E-state index contributed by atoms with van der Waals surface area (Å²) in [5, 5.41) is 2.22. The maximum atomic E-state index is 11.9. The highest BCUT2D eigenvalue weighted by Crippen LogP contribution is 2.17. The fourth-order valence-electron chi connectivity index (χ4n) is 2.21. The van der Waals surface area contributed by atoms with E-state index in [1.807, 2.05) is 30.3 Å². The summed E-state index contributed by atoms with van der Waals surface area (Å²) in [6.07, 6.45) is 0. The lowest BCUT2D eigenvalue weighted by Gasteiger charge is -2.28. The van der Waals surface area contributed by atoms with E-state index in [4.69, 9.17) is 5.84 Å². The molecule has 7 heteroatoms. The van der Waals surface area contributed by atoms with Crippen molar-refractivity contribution in [1.82, 2.24) is 15.6 Å². The minimum Gasteiger partial charge on any atom is -0.294 e. The topological polar surface area (TPSA) is 105 Å². The van der Waals surface area contributed by atoms with Gasteiger partial charge in [0.15, 0.2) is 0 Å². The summed E-state index contributed by atoms with van der Waals surface area (Å²) in [6, 6.07) is 9.11. The molecule has 0 aromatic heterocycles. The molecule has 1 unspecified atom stereocenters. The Morgan fingerprint density at radius 3 is 2.40 bits per heavy atom. The number of rotatable bonds is 4. The lowest BCUT2D eigenvalue weighted by molar-refractivity contribution is -0.137. The lowest BCUT2D eigenvalue weighted by atomic mass is 9.97. The molecule has 1 aliphatic heterocycles. The number of benzene rings is 1. The molecular formula is C13H16N4O3. The van der Waals surface area contributed by atoms with Crippen LogP contribution in [0, 0.1) is 0 Å². The second-order valence-electron chi connectivity index (χ2n) is 4.61. The van der Waals surface area contributed by atoms with Crippen LogP contribution in [0.25, 0.3) is 0 Å². The highest BCUT2D eigenvalue weighted by molar-refractivity contribution is 5.99. The number of piperazine rings is 1. The predicted octanol–water partition coefficient (Wildman–Crippen LogP) is -1.28. The zero-order valence-corrected chi connectivity index (χ0v) is 10.8. The van der Waals surface area contributed by atoms with Crippen LogP contribution in [0.15, 0.2) is 30.3 Å². The van der Waals surface area contributed by atoms with Gasteiger partial charge in [-0.3, -0.25) is 30.0 Å². The number of hydrogen-bond donors (Lipinski definition) is 3. The standard InChI is InChI=1S/C13H16N4O3/c14-16-13(20)10(9-4-2-1-3-5-9)6-17-7-11(18)15-12(19)8-17/h1-5,10H,6-8,14H2,(H,16,20)(H,15,18,19). The highest BCUT2D eigenvalue weighted by Gasteiger charge is 2.28. The van der Waals surface area contributed by atoms with E-state index in [0.29, 0.717) is 0 Å². The van der Waals surface area contributed by atoms with Gasteiger partial charge in [0, 0.05) is 6.54 Å². The number of nitrogens with two attached hydrogens (primary N) is 1. The van der Waals surface area contributed by atoms with E-state index < -0.39 is 5.92 Å². The Morgan fingerprint density at radius 1 is 1.25 bits per heavy atom. The molecular weight excluding hydrogens is 260 g/mol. The molecule has 3 amide bonds. The van der Waals surface area contributed by atoms with Crippen LogP contribution in [0.3, 0.4) is 0 Å². The molecule has 1 fully saturated rings. The Kier molecular flexibility index (Phi) is 4.44. The average Bonchev–Trinajstić information content (AvgIpc) is 2.44. The van der Waals surface area contributed by atoms with Gasteiger partial charge in [-0.05, 0) is 5.56 Å². The summed E-state index contributed by atoms with van der Waals surface area (Å²) >= 11 is 0. The van der Waals surface area contributed by atoms with Crippen molar-refractivity contribution in [2.24, 2.45) is 5.84 Å². The minimum atomic E-state index is -0.528. The molecule has 0 spiro atoms. The number of hydrogen-bond acceptors (Lipinski definition) is 5. The highest BCUT2D eigenvalue weighted by atomic mass is 16.2. The Bertz CT molecular complexity index is 502. The van der Waals surface area contributed by atoms with Crippen LogP contribution in [-0.2, 0) is 14.4 Å². The SMILES string of the molecule is NNC(=O)C(CN1CC(=O)NC(=O)C1)c1ccccc1. The van der Waals surface area contributed by atoms with Gasteiger partial charge in [0.05, 0.1) is 19.0 Å². The maximum Gasteiger partial charge on any atom is 0.242 e. The predicted molar refractivity (Wildman–Crippen MR) is 71.1 cm³/mol. The molecule has 1 aliphatic rings. The third-order valence-corrected chi connectivity index (χ3v) is 3.11. The molecule has 106 valence electrons. The number of carbonyl (C=O) groups excluding carboxylic acids is 3. The molecule has 0 radical (unpaired) electrons. The van der Waals surface area contributed by atoms with Crippen molar-refractivity contribution in [3.63, 3.8) is 0 Å². The number of nitrogens with zero attached hydrogens (tertiary/aromatic N) is 1. The van der Waals surface area contributed by atoms with Gasteiger partial charge in [0.25, 0.3) is 0 Å². The Hall–Kier alpha value is -2.25. The van der Waals surface area contributed by atoms with Crippen molar-refractivity contribution < 1.29 is 14.4 Å². The van der Waals surface area contributed by atoms with Crippen molar-refractivity contribution in [3.8, 4) is 0 Å². The molecule has 1 heterocycles. The van der Waals surface area contributed by atoms with Crippen molar-refractivity contribution in [2.75, 3.05) is 19.6 Å². The molecule has 4 N–H and O–H groups in total. The van der Waals surface area contributed by atoms with Gasteiger partial charge in [0.1, 0.15) is 0 Å². The van der Waals surface area contributed by atoms with E-state index in [1.54, 1.807) is 4.90 Å². The van der Waals surface area contributed by atoms with Crippen molar-refractivity contribution >= 4 is 17.7 Å². The molecule has 0 bridgehead atoms. The number of nitrogens with one attached hydrogen (secondary N) is 2. The summed E-state index contributed by atoms with van der Waals surface area (Å²) in [5.41, 5.74) is 2.91. The van der Waals surface area contributed by atoms with Gasteiger partial charge in [-0.25, -0.2) is 5.84 Å². The van der Waals surface area contributed by atoms with Crippen LogP contribution >= 0.6 is 0 Å². The maximum absolute atomic E-state index is 11.9. The van der Waals surface area contributed by atoms with Crippen LogP contribution in [0.2, 0.25) is 0 Å². The molecule has 1 aromatic carbocycles. The molecule has 1 aromatic rings. The van der Waals surface area contributed by atoms with Crippen molar-refractivity contribution in [2.45, 2.75) is 5.92 Å². The monoisotopic (exact) mass is 276 g/mol. The van der Waals surface area contributed by atoms with E-state index in [2.05, 4.69) is 10.7 Å². The zero-order chi connectivity index (χ0) is 14.5. The fraction of sp³-hybridized carbons (Fsp3) is 0.308. The van der Waals surface area contributed by atoms with E-state index in [0.717, 1.165) is 5.56 Å². The smallest absolute Gasteiger partial charge is 0.242 e. The van der Waals surface area contributed by atoms with E-state index in [-0.39, 0.29) is 37.4 Å². The number of imide groups is 1. The quantitative estimate of drug-likeness (QED) is 0.275. The second kappa shape index (κ2) is 6.27. The lowest BCUT2D eigenvalue weighted by Crippen LogP contribution is -2.53. The average molecular weight is 276 g/mol. The molecule has 2 rings (SSSR count). The normalized spacial score (nSPS) is 17.4. The first kappa shape index (κ1) is 14.2. The fourth-order valence-corrected chi connectivity index (χ4v) is 2.21. The third kappa shape index (κ3) is 3.40. The van der Waals surface area contributed by atoms with E-state index in [9.17, 15) is 14.4 Å². The van der Waals surface area contributed by atoms with Crippen LogP contribution < -0.4 is 16.6 Å². The van der Waals surface area contributed by atoms with Gasteiger partial charge in [0.2, 0.25) is 17.7 Å². The van der Waals surface area contributed by atoms with Gasteiger partial charge in [-0.2, -0.15) is 0 Å². The van der Waals surface area contributed by atoms with Gasteiger partial charge in [-0.1, -0.05) is 30.3 Å². The summed E-state index contributed by atoms with van der Waals surface area (Å²) < 4.78 is 0. The Labute approximate surface area is 116 Å². The number of carbonyl (C=O) groups is 3. The van der Waals surface area contributed by atoms with E-state index in [1.165, 1.54) is 0 Å². The summed E-state index contributed by atoms with van der Waals surface area (Å²) in [4.78, 5) is 36.2. The second-order valence-corrected chi connectivity index (χ2v) is 4.61. The molecule has 1 atom stereocenters. The molecule has 0 aliphatic carbocycles. The van der Waals surface area contributed by atoms with Crippen LogP contribution in [0.5, 0.6) is 0 Å². The minimum absolute atomic E-state index is 0.0902. The van der Waals surface area contributed by atoms with Crippen molar-refractivity contribution in [3.05, 3.63) is 35.9 Å². The zero-order valence-electron chi connectivity index (χ0n) is 10.8. The molecule has 7 nitrogen and oxygen atoms in total. The first-order valence-corrected chi connectivity index (χ1v) is 6.20. The molecule has 0 saturated carbocycles. The summed E-state index contributed by atoms with van der Waals surface area (Å²) in [6.45, 7) is 0.437. The Balaban J connectivity index is 2.14. The number of hydrazine groups is 1. The Morgan fingerprint density at radius 2 is 1.85 bits per heavy atom. The molecule has 1 saturated heterocycles. The van der Waals surface area contributed by atoms with E-state index >= 15 is 0 Å². The first-order chi connectivity index (χ1) is 9.60. The summed E-state index contributed by atoms with van der Waals surface area (Å²) in [7, 11) is 0. The van der Waals surface area contributed by atoms with Gasteiger partial charge < -0.3 is 0 Å². The van der Waals surface area contributed by atoms with Crippen LogP contribution in [-0.4, -0.2) is 42.3 Å². The third-order valence-electron chi connectivity index (χ3n) is 3.11. The van der Waals surface area contributed by atoms with Crippen LogP contribution in [0.4, 0.5) is 0 Å². The van der Waals surface area contributed by atoms with Gasteiger partial charge in [-0.15, -0.1) is 0 Å².